The Labute approximate surface area is 194 Å². The molecular formula is C29H28N2O2. The molecule has 0 bridgehead atoms. The van der Waals surface area contributed by atoms with Gasteiger partial charge in [-0.25, -0.2) is 0 Å². The number of benzene rings is 3. The summed E-state index contributed by atoms with van der Waals surface area (Å²) in [5.74, 6) is 1.05. The minimum absolute atomic E-state index is 0.115. The second-order valence-corrected chi connectivity index (χ2v) is 8.85. The van der Waals surface area contributed by atoms with Crippen molar-refractivity contribution < 1.29 is 9.53 Å². The van der Waals surface area contributed by atoms with E-state index in [-0.39, 0.29) is 5.78 Å². The van der Waals surface area contributed by atoms with Crippen molar-refractivity contribution >= 4 is 16.7 Å². The highest BCUT2D eigenvalue weighted by Gasteiger charge is 2.18. The van der Waals surface area contributed by atoms with Crippen LogP contribution in [0.15, 0.2) is 85.1 Å². The van der Waals surface area contributed by atoms with Crippen LogP contribution in [-0.4, -0.2) is 41.9 Å². The largest absolute Gasteiger partial charge is 0.490 e. The summed E-state index contributed by atoms with van der Waals surface area (Å²) in [5, 5.41) is 0.988. The van der Waals surface area contributed by atoms with E-state index >= 15 is 0 Å². The fraction of sp³-hybridized carbons (Fsp3) is 0.241. The summed E-state index contributed by atoms with van der Waals surface area (Å²) in [6.07, 6.45) is 4.61. The number of nitrogens with zero attached hydrogens (tertiary/aromatic N) is 2. The van der Waals surface area contributed by atoms with Gasteiger partial charge in [0.1, 0.15) is 11.9 Å². The molecular weight excluding hydrogens is 408 g/mol. The molecule has 1 fully saturated rings. The van der Waals surface area contributed by atoms with Crippen LogP contribution in [-0.2, 0) is 6.42 Å². The molecule has 4 aromatic rings. The molecule has 2 heterocycles. The van der Waals surface area contributed by atoms with Crippen molar-refractivity contribution in [3.63, 3.8) is 0 Å². The molecule has 1 aliphatic rings. The molecule has 1 aromatic heterocycles. The first-order chi connectivity index (χ1) is 16.1. The average Bonchev–Trinajstić information content (AvgIpc) is 2.86. The maximum absolute atomic E-state index is 12.8. The number of ether oxygens (including phenoxy) is 1. The van der Waals surface area contributed by atoms with Crippen LogP contribution in [0.1, 0.15) is 28.8 Å². The summed E-state index contributed by atoms with van der Waals surface area (Å²) in [6.45, 7) is 2.19. The molecule has 0 atom stereocenters. The highest BCUT2D eigenvalue weighted by Crippen LogP contribution is 2.25. The van der Waals surface area contributed by atoms with Crippen molar-refractivity contribution in [2.45, 2.75) is 25.4 Å². The number of rotatable bonds is 6. The van der Waals surface area contributed by atoms with E-state index in [9.17, 15) is 4.79 Å². The van der Waals surface area contributed by atoms with E-state index in [1.165, 1.54) is 0 Å². The Morgan fingerprint density at radius 3 is 2.36 bits per heavy atom. The average molecular weight is 437 g/mol. The molecule has 166 valence electrons. The van der Waals surface area contributed by atoms with E-state index in [4.69, 9.17) is 4.74 Å². The van der Waals surface area contributed by atoms with Crippen LogP contribution >= 0.6 is 0 Å². The fourth-order valence-corrected chi connectivity index (χ4v) is 4.37. The lowest BCUT2D eigenvalue weighted by Gasteiger charge is -2.29. The molecule has 0 amide bonds. The maximum Gasteiger partial charge on any atom is 0.167 e. The summed E-state index contributed by atoms with van der Waals surface area (Å²) in [6, 6.07) is 26.1. The van der Waals surface area contributed by atoms with Crippen LogP contribution in [0.25, 0.3) is 22.0 Å². The highest BCUT2D eigenvalue weighted by molar-refractivity contribution is 6.00. The van der Waals surface area contributed by atoms with E-state index in [1.807, 2.05) is 42.5 Å². The molecule has 1 aliphatic heterocycles. The Bertz CT molecular complexity index is 1240. The van der Waals surface area contributed by atoms with Crippen LogP contribution in [0.2, 0.25) is 0 Å². The fourth-order valence-electron chi connectivity index (χ4n) is 4.37. The van der Waals surface area contributed by atoms with E-state index in [1.54, 1.807) is 6.20 Å². The summed E-state index contributed by atoms with van der Waals surface area (Å²) in [4.78, 5) is 19.5. The smallest absolute Gasteiger partial charge is 0.167 e. The zero-order valence-electron chi connectivity index (χ0n) is 18.9. The third-order valence-corrected chi connectivity index (χ3v) is 6.40. The third kappa shape index (κ3) is 5.12. The normalized spacial score (nSPS) is 14.9. The first-order valence-corrected chi connectivity index (χ1v) is 11.6. The van der Waals surface area contributed by atoms with Gasteiger partial charge in [0.15, 0.2) is 5.78 Å². The van der Waals surface area contributed by atoms with Gasteiger partial charge < -0.3 is 9.64 Å². The number of pyridine rings is 1. The molecule has 4 nitrogen and oxygen atoms in total. The van der Waals surface area contributed by atoms with E-state index in [0.29, 0.717) is 12.5 Å². The molecule has 0 N–H and O–H groups in total. The Hall–Kier alpha value is -3.50. The van der Waals surface area contributed by atoms with Crippen LogP contribution in [0.4, 0.5) is 0 Å². The van der Waals surface area contributed by atoms with Crippen LogP contribution in [0, 0.1) is 0 Å². The van der Waals surface area contributed by atoms with Crippen LogP contribution < -0.4 is 4.74 Å². The number of likely N-dealkylation sites (tertiary alicyclic amines) is 1. The lowest BCUT2D eigenvalue weighted by atomic mass is 9.99. The van der Waals surface area contributed by atoms with Crippen LogP contribution in [0.5, 0.6) is 5.75 Å². The minimum Gasteiger partial charge on any atom is -0.490 e. The van der Waals surface area contributed by atoms with Gasteiger partial charge in [0.25, 0.3) is 0 Å². The van der Waals surface area contributed by atoms with Crippen molar-refractivity contribution in [1.29, 1.82) is 0 Å². The molecule has 3 aromatic carbocycles. The standard InChI is InChI=1S/C29H28N2O2/c1-31-17-14-27(15-18-31)33-26-11-8-23(9-12-26)22-6-4-21(5-7-22)19-29(32)25-10-13-28-24(20-25)3-2-16-30-28/h2-13,16,20,27H,14-15,17-19H2,1H3. The van der Waals surface area contributed by atoms with E-state index in [0.717, 1.165) is 64.8 Å². The molecule has 5 rings (SSSR count). The lowest BCUT2D eigenvalue weighted by molar-refractivity contribution is 0.0993. The summed E-state index contributed by atoms with van der Waals surface area (Å²) >= 11 is 0. The van der Waals surface area contributed by atoms with Crippen molar-refractivity contribution in [3.05, 3.63) is 96.2 Å². The van der Waals surface area contributed by atoms with Gasteiger partial charge in [-0.1, -0.05) is 42.5 Å². The van der Waals surface area contributed by atoms with Gasteiger partial charge in [0.05, 0.1) is 5.52 Å². The topological polar surface area (TPSA) is 42.4 Å². The molecule has 0 saturated carbocycles. The number of Topliss-reactive ketones (excluding diaryl/α,β-unsaturated/α-hetero) is 1. The second kappa shape index (κ2) is 9.55. The van der Waals surface area contributed by atoms with Gasteiger partial charge >= 0.3 is 0 Å². The predicted molar refractivity (Wildman–Crippen MR) is 133 cm³/mol. The molecule has 4 heteroatoms. The lowest BCUT2D eigenvalue weighted by Crippen LogP contribution is -2.35. The number of hydrogen-bond donors (Lipinski definition) is 0. The number of fused-ring (bicyclic) bond motifs is 1. The van der Waals surface area contributed by atoms with Gasteiger partial charge in [-0.3, -0.25) is 9.78 Å². The quantitative estimate of drug-likeness (QED) is 0.358. The number of ketones is 1. The second-order valence-electron chi connectivity index (χ2n) is 8.85. The van der Waals surface area contributed by atoms with Gasteiger partial charge in [-0.2, -0.15) is 0 Å². The Balaban J connectivity index is 1.22. The van der Waals surface area contributed by atoms with Gasteiger partial charge in [-0.05, 0) is 73.0 Å². The predicted octanol–water partition coefficient (Wildman–Crippen LogP) is 5.80. The maximum atomic E-state index is 12.8. The molecule has 1 saturated heterocycles. The number of piperidine rings is 1. The Morgan fingerprint density at radius 1 is 0.939 bits per heavy atom. The molecule has 0 aliphatic carbocycles. The summed E-state index contributed by atoms with van der Waals surface area (Å²) in [5.41, 5.74) is 4.91. The highest BCUT2D eigenvalue weighted by atomic mass is 16.5. The summed E-state index contributed by atoms with van der Waals surface area (Å²) < 4.78 is 6.16. The molecule has 0 spiro atoms. The first-order valence-electron chi connectivity index (χ1n) is 11.6. The van der Waals surface area contributed by atoms with Gasteiger partial charge in [-0.15, -0.1) is 0 Å². The van der Waals surface area contributed by atoms with E-state index in [2.05, 4.69) is 53.3 Å². The SMILES string of the molecule is CN1CCC(Oc2ccc(-c3ccc(CC(=O)c4ccc5ncccc5c4)cc3)cc2)CC1. The molecule has 33 heavy (non-hydrogen) atoms. The van der Waals surface area contributed by atoms with Gasteiger partial charge in [0, 0.05) is 36.7 Å². The van der Waals surface area contributed by atoms with Crippen molar-refractivity contribution in [1.82, 2.24) is 9.88 Å². The zero-order chi connectivity index (χ0) is 22.6. The third-order valence-electron chi connectivity index (χ3n) is 6.40. The van der Waals surface area contributed by atoms with Crippen molar-refractivity contribution in [3.8, 4) is 16.9 Å². The van der Waals surface area contributed by atoms with Crippen LogP contribution in [0.3, 0.4) is 0 Å². The number of hydrogen-bond acceptors (Lipinski definition) is 4. The van der Waals surface area contributed by atoms with E-state index < -0.39 is 0 Å². The first kappa shape index (κ1) is 21.4. The van der Waals surface area contributed by atoms with Crippen molar-refractivity contribution in [2.75, 3.05) is 20.1 Å². The molecule has 0 unspecified atom stereocenters. The summed E-state index contributed by atoms with van der Waals surface area (Å²) in [7, 11) is 2.16. The monoisotopic (exact) mass is 436 g/mol. The zero-order valence-corrected chi connectivity index (χ0v) is 18.9. The minimum atomic E-state index is 0.115. The Kier molecular flexibility index (Phi) is 6.18. The number of carbonyl (C=O) groups is 1. The van der Waals surface area contributed by atoms with Gasteiger partial charge in [0.2, 0.25) is 0 Å². The number of carbonyl (C=O) groups excluding carboxylic acids is 1. The molecule has 0 radical (unpaired) electrons. The Morgan fingerprint density at radius 2 is 1.64 bits per heavy atom. The number of aromatic nitrogens is 1. The van der Waals surface area contributed by atoms with Crippen molar-refractivity contribution in [2.24, 2.45) is 0 Å².